The summed E-state index contributed by atoms with van der Waals surface area (Å²) in [4.78, 5) is 22.5. The van der Waals surface area contributed by atoms with Crippen LogP contribution in [0.5, 0.6) is 11.5 Å². The lowest BCUT2D eigenvalue weighted by Crippen LogP contribution is -2.13. The van der Waals surface area contributed by atoms with Crippen LogP contribution in [0.25, 0.3) is 0 Å². The molecule has 100 valence electrons. The Labute approximate surface area is 114 Å². The van der Waals surface area contributed by atoms with E-state index in [4.69, 9.17) is 4.74 Å². The monoisotopic (exact) mass is 270 g/mol. The average molecular weight is 270 g/mol. The van der Waals surface area contributed by atoms with Crippen molar-refractivity contribution in [2.75, 3.05) is 0 Å². The van der Waals surface area contributed by atoms with Gasteiger partial charge in [0.05, 0.1) is 11.1 Å². The van der Waals surface area contributed by atoms with Crippen LogP contribution in [0.2, 0.25) is 0 Å². The van der Waals surface area contributed by atoms with Gasteiger partial charge in [0.1, 0.15) is 11.5 Å². The van der Waals surface area contributed by atoms with Crippen molar-refractivity contribution in [1.29, 1.82) is 0 Å². The molecule has 0 saturated carbocycles. The highest BCUT2D eigenvalue weighted by atomic mass is 16.5. The van der Waals surface area contributed by atoms with Crippen molar-refractivity contribution >= 4 is 11.9 Å². The number of ether oxygens (including phenoxy) is 1. The molecule has 20 heavy (non-hydrogen) atoms. The Hall–Kier alpha value is -2.82. The maximum Gasteiger partial charge on any atom is 0.336 e. The first-order valence-corrected chi connectivity index (χ1v) is 5.96. The predicted molar refractivity (Wildman–Crippen MR) is 69.7 cm³/mol. The zero-order valence-electron chi connectivity index (χ0n) is 10.3. The van der Waals surface area contributed by atoms with Crippen molar-refractivity contribution in [3.63, 3.8) is 0 Å². The largest absolute Gasteiger partial charge is 0.478 e. The molecule has 0 aliphatic carbocycles. The van der Waals surface area contributed by atoms with Gasteiger partial charge in [0.25, 0.3) is 0 Å². The lowest BCUT2D eigenvalue weighted by Gasteiger charge is -2.22. The summed E-state index contributed by atoms with van der Waals surface area (Å²) in [6.07, 6.45) is 0.232. The van der Waals surface area contributed by atoms with Crippen LogP contribution in [-0.4, -0.2) is 22.2 Å². The van der Waals surface area contributed by atoms with E-state index in [9.17, 15) is 19.8 Å². The quantitative estimate of drug-likeness (QED) is 0.748. The average Bonchev–Trinajstić information content (AvgIpc) is 2.43. The number of aromatic carboxylic acids is 2. The third-order valence-electron chi connectivity index (χ3n) is 3.30. The SMILES string of the molecule is O=C(O)c1cccc2c1Cc1c(cccc1C(=O)O)O2. The topological polar surface area (TPSA) is 83.8 Å². The first kappa shape index (κ1) is 12.2. The second kappa shape index (κ2) is 4.38. The van der Waals surface area contributed by atoms with E-state index in [-0.39, 0.29) is 17.5 Å². The summed E-state index contributed by atoms with van der Waals surface area (Å²) < 4.78 is 5.63. The van der Waals surface area contributed by atoms with Crippen LogP contribution >= 0.6 is 0 Å². The molecule has 1 heterocycles. The number of rotatable bonds is 2. The molecule has 0 atom stereocenters. The van der Waals surface area contributed by atoms with Crippen molar-refractivity contribution in [2.45, 2.75) is 6.42 Å². The summed E-state index contributed by atoms with van der Waals surface area (Å²) in [5.41, 5.74) is 1.27. The van der Waals surface area contributed by atoms with Crippen molar-refractivity contribution in [3.8, 4) is 11.5 Å². The van der Waals surface area contributed by atoms with Gasteiger partial charge in [0, 0.05) is 17.5 Å². The number of carboxylic acid groups (broad SMARTS) is 2. The van der Waals surface area contributed by atoms with Crippen molar-refractivity contribution in [3.05, 3.63) is 58.7 Å². The molecule has 2 aromatic rings. The maximum absolute atomic E-state index is 11.2. The van der Waals surface area contributed by atoms with Crippen LogP contribution in [0.4, 0.5) is 0 Å². The van der Waals surface area contributed by atoms with Crippen LogP contribution in [0.3, 0.4) is 0 Å². The van der Waals surface area contributed by atoms with Crippen LogP contribution in [0.1, 0.15) is 31.8 Å². The van der Waals surface area contributed by atoms with E-state index in [1.807, 2.05) is 0 Å². The summed E-state index contributed by atoms with van der Waals surface area (Å²) in [5.74, 6) is -1.19. The van der Waals surface area contributed by atoms with Crippen molar-refractivity contribution in [1.82, 2.24) is 0 Å². The molecular formula is C15H10O5. The summed E-state index contributed by atoms with van der Waals surface area (Å²) in [5, 5.41) is 18.4. The smallest absolute Gasteiger partial charge is 0.336 e. The van der Waals surface area contributed by atoms with Gasteiger partial charge in [-0.15, -0.1) is 0 Å². The molecule has 0 bridgehead atoms. The molecule has 5 nitrogen and oxygen atoms in total. The van der Waals surface area contributed by atoms with Gasteiger partial charge in [0.15, 0.2) is 0 Å². The minimum Gasteiger partial charge on any atom is -0.478 e. The molecule has 0 fully saturated rings. The highest BCUT2D eigenvalue weighted by molar-refractivity contribution is 5.93. The second-order valence-electron chi connectivity index (χ2n) is 4.45. The lowest BCUT2D eigenvalue weighted by atomic mass is 9.93. The Bertz CT molecular complexity index is 672. The molecule has 0 aromatic heterocycles. The summed E-state index contributed by atoms with van der Waals surface area (Å²) in [7, 11) is 0. The molecule has 5 heteroatoms. The summed E-state index contributed by atoms with van der Waals surface area (Å²) in [6, 6.07) is 9.54. The molecule has 3 rings (SSSR count). The molecule has 2 N–H and O–H groups in total. The standard InChI is InChI=1S/C15H10O5/c16-14(17)8-3-1-5-12-10(8)7-11-9(15(18)19)4-2-6-13(11)20-12/h1-6H,7H2,(H,16,17)(H,18,19). The fourth-order valence-electron chi connectivity index (χ4n) is 2.38. The lowest BCUT2D eigenvalue weighted by molar-refractivity contribution is 0.0686. The molecule has 0 amide bonds. The first-order valence-electron chi connectivity index (χ1n) is 5.96. The summed E-state index contributed by atoms with van der Waals surface area (Å²) >= 11 is 0. The van der Waals surface area contributed by atoms with Crippen LogP contribution in [0.15, 0.2) is 36.4 Å². The number of carbonyl (C=O) groups is 2. The van der Waals surface area contributed by atoms with Gasteiger partial charge in [0.2, 0.25) is 0 Å². The Morgan fingerprint density at radius 1 is 0.850 bits per heavy atom. The zero-order chi connectivity index (χ0) is 14.3. The van der Waals surface area contributed by atoms with E-state index >= 15 is 0 Å². The Kier molecular flexibility index (Phi) is 2.68. The highest BCUT2D eigenvalue weighted by Crippen LogP contribution is 2.39. The number of carboxylic acids is 2. The normalized spacial score (nSPS) is 12.0. The Morgan fingerprint density at radius 2 is 1.30 bits per heavy atom. The van der Waals surface area contributed by atoms with Gasteiger partial charge in [-0.2, -0.15) is 0 Å². The van der Waals surface area contributed by atoms with E-state index in [1.54, 1.807) is 24.3 Å². The molecule has 0 radical (unpaired) electrons. The van der Waals surface area contributed by atoms with E-state index in [0.29, 0.717) is 22.6 Å². The van der Waals surface area contributed by atoms with E-state index in [0.717, 1.165) is 0 Å². The minimum absolute atomic E-state index is 0.133. The molecule has 0 spiro atoms. The fraction of sp³-hybridized carbons (Fsp3) is 0.0667. The number of hydrogen-bond acceptors (Lipinski definition) is 3. The number of benzene rings is 2. The summed E-state index contributed by atoms with van der Waals surface area (Å²) in [6.45, 7) is 0. The Morgan fingerprint density at radius 3 is 1.70 bits per heavy atom. The van der Waals surface area contributed by atoms with Gasteiger partial charge in [-0.1, -0.05) is 12.1 Å². The molecule has 0 saturated heterocycles. The molecular weight excluding hydrogens is 260 g/mol. The number of fused-ring (bicyclic) bond motifs is 2. The van der Waals surface area contributed by atoms with E-state index < -0.39 is 11.9 Å². The van der Waals surface area contributed by atoms with Gasteiger partial charge in [-0.25, -0.2) is 9.59 Å². The highest BCUT2D eigenvalue weighted by Gasteiger charge is 2.25. The number of hydrogen-bond donors (Lipinski definition) is 2. The maximum atomic E-state index is 11.2. The Balaban J connectivity index is 2.18. The van der Waals surface area contributed by atoms with Gasteiger partial charge in [-0.05, 0) is 24.3 Å². The van der Waals surface area contributed by atoms with Crippen molar-refractivity contribution < 1.29 is 24.5 Å². The van der Waals surface area contributed by atoms with Crippen LogP contribution in [-0.2, 0) is 6.42 Å². The van der Waals surface area contributed by atoms with Crippen LogP contribution < -0.4 is 4.74 Å². The fourth-order valence-corrected chi connectivity index (χ4v) is 2.38. The van der Waals surface area contributed by atoms with Gasteiger partial charge < -0.3 is 14.9 Å². The molecule has 0 unspecified atom stereocenters. The van der Waals surface area contributed by atoms with Crippen LogP contribution in [0, 0.1) is 0 Å². The third-order valence-corrected chi connectivity index (χ3v) is 3.30. The third kappa shape index (κ3) is 1.80. The zero-order valence-corrected chi connectivity index (χ0v) is 10.3. The van der Waals surface area contributed by atoms with Gasteiger partial charge in [-0.3, -0.25) is 0 Å². The second-order valence-corrected chi connectivity index (χ2v) is 4.45. The van der Waals surface area contributed by atoms with Gasteiger partial charge >= 0.3 is 11.9 Å². The molecule has 1 aliphatic heterocycles. The predicted octanol–water partition coefficient (Wildman–Crippen LogP) is 2.78. The first-order chi connectivity index (χ1) is 9.58. The van der Waals surface area contributed by atoms with E-state index in [2.05, 4.69) is 0 Å². The van der Waals surface area contributed by atoms with Crippen molar-refractivity contribution in [2.24, 2.45) is 0 Å². The molecule has 2 aromatic carbocycles. The minimum atomic E-state index is -1.05. The van der Waals surface area contributed by atoms with E-state index in [1.165, 1.54) is 12.1 Å². The molecule has 1 aliphatic rings.